The molecule has 5 rings (SSSR count). The molecule has 168 valence electrons. The highest BCUT2D eigenvalue weighted by Crippen LogP contribution is 2.33. The van der Waals surface area contributed by atoms with Gasteiger partial charge in [0.05, 0.1) is 24.1 Å². The van der Waals surface area contributed by atoms with Crippen molar-refractivity contribution in [1.29, 1.82) is 5.26 Å². The van der Waals surface area contributed by atoms with E-state index in [1.54, 1.807) is 12.4 Å². The minimum atomic E-state index is -0.0731. The summed E-state index contributed by atoms with van der Waals surface area (Å²) in [6, 6.07) is 31.0. The zero-order valence-electron chi connectivity index (χ0n) is 18.9. The first-order chi connectivity index (χ1) is 16.8. The number of carbonyl (C=O) groups excluding carboxylic acids is 1. The lowest BCUT2D eigenvalue weighted by atomic mass is 9.93. The molecular formula is C29H26N4O. The van der Waals surface area contributed by atoms with Crippen LogP contribution in [0.15, 0.2) is 97.3 Å². The molecule has 5 heteroatoms. The van der Waals surface area contributed by atoms with Gasteiger partial charge in [0, 0.05) is 43.5 Å². The second-order valence-electron chi connectivity index (χ2n) is 8.64. The number of nitrogens with zero attached hydrogens (tertiary/aromatic N) is 4. The van der Waals surface area contributed by atoms with E-state index < -0.39 is 0 Å². The molecule has 3 aromatic carbocycles. The van der Waals surface area contributed by atoms with Crippen molar-refractivity contribution in [3.8, 4) is 6.07 Å². The number of carbonyl (C=O) groups is 1. The number of pyridine rings is 1. The molecule has 1 saturated heterocycles. The number of amides is 1. The molecule has 0 saturated carbocycles. The van der Waals surface area contributed by atoms with Gasteiger partial charge in [-0.2, -0.15) is 5.26 Å². The second kappa shape index (κ2) is 9.86. The van der Waals surface area contributed by atoms with Crippen LogP contribution in [-0.4, -0.2) is 46.4 Å². The van der Waals surface area contributed by atoms with Gasteiger partial charge in [0.15, 0.2) is 0 Å². The van der Waals surface area contributed by atoms with Crippen LogP contribution in [0.1, 0.15) is 33.9 Å². The molecule has 5 nitrogen and oxygen atoms in total. The summed E-state index contributed by atoms with van der Waals surface area (Å²) in [6.07, 6.45) is 3.80. The Morgan fingerprint density at radius 1 is 0.912 bits per heavy atom. The highest BCUT2D eigenvalue weighted by molar-refractivity contribution is 6.06. The zero-order chi connectivity index (χ0) is 23.3. The molecule has 0 radical (unpaired) electrons. The van der Waals surface area contributed by atoms with Crippen LogP contribution in [0.2, 0.25) is 0 Å². The molecule has 1 aliphatic heterocycles. The van der Waals surface area contributed by atoms with Gasteiger partial charge in [0.1, 0.15) is 0 Å². The quantitative estimate of drug-likeness (QED) is 0.430. The Morgan fingerprint density at radius 3 is 2.24 bits per heavy atom. The van der Waals surface area contributed by atoms with Crippen molar-refractivity contribution in [2.75, 3.05) is 19.6 Å². The first kappa shape index (κ1) is 21.8. The lowest BCUT2D eigenvalue weighted by molar-refractivity contribution is 0.0396. The highest BCUT2D eigenvalue weighted by atomic mass is 16.2. The number of hydrogen-bond acceptors (Lipinski definition) is 4. The SMILES string of the molecule is N#CC[C@@H]1CN(C(=O)c2cncc3ccccc23)CCN1C(c1ccccc1)c1ccccc1. The van der Waals surface area contributed by atoms with E-state index in [9.17, 15) is 10.1 Å². The van der Waals surface area contributed by atoms with Crippen LogP contribution in [0.4, 0.5) is 0 Å². The third-order valence-corrected chi connectivity index (χ3v) is 6.60. The van der Waals surface area contributed by atoms with Gasteiger partial charge in [-0.05, 0) is 16.5 Å². The van der Waals surface area contributed by atoms with E-state index in [0.29, 0.717) is 31.6 Å². The van der Waals surface area contributed by atoms with Gasteiger partial charge in [0.2, 0.25) is 0 Å². The summed E-state index contributed by atoms with van der Waals surface area (Å²) in [5.41, 5.74) is 2.99. The van der Waals surface area contributed by atoms with Crippen molar-refractivity contribution >= 4 is 16.7 Å². The van der Waals surface area contributed by atoms with Gasteiger partial charge in [-0.15, -0.1) is 0 Å². The summed E-state index contributed by atoms with van der Waals surface area (Å²) < 4.78 is 0. The van der Waals surface area contributed by atoms with E-state index >= 15 is 0 Å². The first-order valence-corrected chi connectivity index (χ1v) is 11.6. The van der Waals surface area contributed by atoms with Crippen LogP contribution in [-0.2, 0) is 0 Å². The molecule has 1 aromatic heterocycles. The van der Waals surface area contributed by atoms with Crippen LogP contribution in [0, 0.1) is 11.3 Å². The minimum absolute atomic E-state index is 0.0251. The monoisotopic (exact) mass is 446 g/mol. The minimum Gasteiger partial charge on any atom is -0.336 e. The normalized spacial score (nSPS) is 16.5. The number of rotatable bonds is 5. The topological polar surface area (TPSA) is 60.2 Å². The second-order valence-corrected chi connectivity index (χ2v) is 8.64. The maximum Gasteiger partial charge on any atom is 0.256 e. The van der Waals surface area contributed by atoms with E-state index in [-0.39, 0.29) is 18.0 Å². The van der Waals surface area contributed by atoms with Gasteiger partial charge in [-0.1, -0.05) is 84.9 Å². The number of benzene rings is 3. The maximum atomic E-state index is 13.6. The lowest BCUT2D eigenvalue weighted by Crippen LogP contribution is -2.55. The Hall–Kier alpha value is -4.01. The summed E-state index contributed by atoms with van der Waals surface area (Å²) in [4.78, 5) is 22.1. The average Bonchev–Trinajstić information content (AvgIpc) is 2.90. The van der Waals surface area contributed by atoms with Gasteiger partial charge >= 0.3 is 0 Å². The highest BCUT2D eigenvalue weighted by Gasteiger charge is 2.35. The van der Waals surface area contributed by atoms with E-state index in [0.717, 1.165) is 10.8 Å². The molecule has 0 N–H and O–H groups in total. The van der Waals surface area contributed by atoms with Crippen molar-refractivity contribution in [1.82, 2.24) is 14.8 Å². The summed E-state index contributed by atoms with van der Waals surface area (Å²) in [5, 5.41) is 11.5. The van der Waals surface area contributed by atoms with Crippen LogP contribution >= 0.6 is 0 Å². The molecule has 4 aromatic rings. The molecule has 1 amide bonds. The predicted octanol–water partition coefficient (Wildman–Crippen LogP) is 5.06. The summed E-state index contributed by atoms with van der Waals surface area (Å²) in [6.45, 7) is 1.79. The fraction of sp³-hybridized carbons (Fsp3) is 0.207. The molecule has 0 bridgehead atoms. The fourth-order valence-corrected chi connectivity index (χ4v) is 4.98. The third kappa shape index (κ3) is 4.28. The summed E-state index contributed by atoms with van der Waals surface area (Å²) in [7, 11) is 0. The van der Waals surface area contributed by atoms with Crippen molar-refractivity contribution in [3.05, 3.63) is 114 Å². The van der Waals surface area contributed by atoms with E-state index in [2.05, 4.69) is 64.5 Å². The molecule has 1 aliphatic rings. The van der Waals surface area contributed by atoms with Crippen LogP contribution in [0.3, 0.4) is 0 Å². The third-order valence-electron chi connectivity index (χ3n) is 6.60. The van der Waals surface area contributed by atoms with Gasteiger partial charge in [-0.3, -0.25) is 14.7 Å². The number of aromatic nitrogens is 1. The molecule has 34 heavy (non-hydrogen) atoms. The van der Waals surface area contributed by atoms with Crippen LogP contribution in [0.5, 0.6) is 0 Å². The summed E-state index contributed by atoms with van der Waals surface area (Å²) >= 11 is 0. The molecule has 0 unspecified atom stereocenters. The fourth-order valence-electron chi connectivity index (χ4n) is 4.98. The molecule has 1 fully saturated rings. The van der Waals surface area contributed by atoms with Crippen LogP contribution < -0.4 is 0 Å². The lowest BCUT2D eigenvalue weighted by Gasteiger charge is -2.45. The van der Waals surface area contributed by atoms with Crippen molar-refractivity contribution in [3.63, 3.8) is 0 Å². The van der Waals surface area contributed by atoms with Crippen molar-refractivity contribution in [2.45, 2.75) is 18.5 Å². The van der Waals surface area contributed by atoms with Gasteiger partial charge < -0.3 is 4.90 Å². The largest absolute Gasteiger partial charge is 0.336 e. The average molecular weight is 447 g/mol. The van der Waals surface area contributed by atoms with Crippen molar-refractivity contribution in [2.24, 2.45) is 0 Å². The van der Waals surface area contributed by atoms with Crippen LogP contribution in [0.25, 0.3) is 10.8 Å². The Kier molecular flexibility index (Phi) is 6.33. The Balaban J connectivity index is 1.46. The van der Waals surface area contributed by atoms with E-state index in [1.807, 2.05) is 41.3 Å². The van der Waals surface area contributed by atoms with Crippen molar-refractivity contribution < 1.29 is 4.79 Å². The number of piperazine rings is 1. The first-order valence-electron chi connectivity index (χ1n) is 11.6. The predicted molar refractivity (Wildman–Crippen MR) is 133 cm³/mol. The van der Waals surface area contributed by atoms with E-state index in [1.165, 1.54) is 11.1 Å². The number of hydrogen-bond donors (Lipinski definition) is 0. The summed E-state index contributed by atoms with van der Waals surface area (Å²) in [5.74, 6) is -0.0251. The Labute approximate surface area is 199 Å². The number of fused-ring (bicyclic) bond motifs is 1. The standard InChI is InChI=1S/C29H26N4O/c30-16-15-25-21-32(29(34)27-20-31-19-24-13-7-8-14-26(24)27)17-18-33(25)28(22-9-3-1-4-10-22)23-11-5-2-6-12-23/h1-14,19-20,25,28H,15,17-18,21H2/t25-/m1/s1. The van der Waals surface area contributed by atoms with E-state index in [4.69, 9.17) is 0 Å². The molecular weight excluding hydrogens is 420 g/mol. The molecule has 0 spiro atoms. The Bertz CT molecular complexity index is 1270. The molecule has 0 aliphatic carbocycles. The molecule has 1 atom stereocenters. The number of nitriles is 1. The smallest absolute Gasteiger partial charge is 0.256 e. The molecule has 2 heterocycles. The van der Waals surface area contributed by atoms with Gasteiger partial charge in [0.25, 0.3) is 5.91 Å². The Morgan fingerprint density at radius 2 is 1.56 bits per heavy atom. The van der Waals surface area contributed by atoms with Gasteiger partial charge in [-0.25, -0.2) is 0 Å². The maximum absolute atomic E-state index is 13.6. The zero-order valence-corrected chi connectivity index (χ0v) is 18.9.